The van der Waals surface area contributed by atoms with Crippen LogP contribution in [0, 0.1) is 0 Å². The van der Waals surface area contributed by atoms with Crippen molar-refractivity contribution in [2.24, 2.45) is 0 Å². The molecule has 0 saturated heterocycles. The Hall–Kier alpha value is -0.750. The van der Waals surface area contributed by atoms with Gasteiger partial charge >= 0.3 is 0 Å². The van der Waals surface area contributed by atoms with Crippen LogP contribution in [0.4, 0.5) is 0 Å². The van der Waals surface area contributed by atoms with Gasteiger partial charge in [0.15, 0.2) is 6.04 Å². The van der Waals surface area contributed by atoms with Gasteiger partial charge < -0.3 is 10.2 Å². The second-order valence-electron chi connectivity index (χ2n) is 3.83. The van der Waals surface area contributed by atoms with E-state index in [-0.39, 0.29) is 6.04 Å². The van der Waals surface area contributed by atoms with Gasteiger partial charge in [0.2, 0.25) is 0 Å². The van der Waals surface area contributed by atoms with Crippen LogP contribution in [0.3, 0.4) is 0 Å². The van der Waals surface area contributed by atoms with Crippen molar-refractivity contribution in [2.75, 3.05) is 0 Å². The number of halogens is 2. The van der Waals surface area contributed by atoms with Gasteiger partial charge in [-0.25, -0.2) is 0 Å². The fourth-order valence-corrected chi connectivity index (χ4v) is 2.58. The average molecular weight is 305 g/mol. The monoisotopic (exact) mass is 304 g/mol. The van der Waals surface area contributed by atoms with Crippen LogP contribution in [0.25, 0.3) is 0 Å². The summed E-state index contributed by atoms with van der Waals surface area (Å²) < 4.78 is 5.44. The molecule has 0 fully saturated rings. The summed E-state index contributed by atoms with van der Waals surface area (Å²) in [7, 11) is 0. The summed E-state index contributed by atoms with van der Waals surface area (Å²) in [5, 5.41) is 9.63. The molecule has 0 amide bonds. The molecule has 7 heteroatoms. The summed E-state index contributed by atoms with van der Waals surface area (Å²) in [4.78, 5) is 0. The van der Waals surface area contributed by atoms with E-state index in [2.05, 4.69) is 15.9 Å². The summed E-state index contributed by atoms with van der Waals surface area (Å²) >= 11 is 13.3. The second kappa shape index (κ2) is 5.93. The Kier molecular flexibility index (Phi) is 4.50. The highest BCUT2D eigenvalue weighted by atomic mass is 35.5. The van der Waals surface area contributed by atoms with E-state index in [1.165, 1.54) is 11.8 Å². The molecule has 0 aliphatic rings. The van der Waals surface area contributed by atoms with Crippen LogP contribution in [0.1, 0.15) is 24.4 Å². The molecule has 2 rings (SSSR count). The van der Waals surface area contributed by atoms with Gasteiger partial charge in [0.1, 0.15) is 0 Å². The van der Waals surface area contributed by atoms with E-state index in [4.69, 9.17) is 27.6 Å². The van der Waals surface area contributed by atoms with E-state index in [0.717, 1.165) is 5.56 Å². The molecule has 2 aromatic rings. The number of rotatable bonds is 4. The number of hydrogen-bond acceptors (Lipinski definition) is 4. The lowest BCUT2D eigenvalue weighted by molar-refractivity contribution is -0.425. The van der Waals surface area contributed by atoms with Crippen molar-refractivity contribution in [3.05, 3.63) is 39.7 Å². The van der Waals surface area contributed by atoms with Gasteiger partial charge in [0.25, 0.3) is 11.1 Å². The molecule has 4 nitrogen and oxygen atoms in total. The van der Waals surface area contributed by atoms with Crippen molar-refractivity contribution in [3.8, 4) is 0 Å². The number of benzene rings is 1. The van der Waals surface area contributed by atoms with Crippen LogP contribution in [0.5, 0.6) is 0 Å². The average Bonchev–Trinajstić information content (AvgIpc) is 2.76. The lowest BCUT2D eigenvalue weighted by atomic mass is 10.2. The summed E-state index contributed by atoms with van der Waals surface area (Å²) in [5.41, 5.74) is 4.80. The number of quaternary nitrogens is 1. The Bertz CT molecular complexity index is 545. The Morgan fingerprint density at radius 3 is 2.78 bits per heavy atom. The largest absolute Gasteiger partial charge is 0.410 e. The lowest BCUT2D eigenvalue weighted by Gasteiger charge is -2.02. The third-order valence-electron chi connectivity index (χ3n) is 2.21. The maximum absolute atomic E-state index is 6.08. The smallest absolute Gasteiger partial charge is 0.277 e. The van der Waals surface area contributed by atoms with Crippen molar-refractivity contribution in [1.29, 1.82) is 0 Å². The van der Waals surface area contributed by atoms with Gasteiger partial charge in [0.05, 0.1) is 0 Å². The third-order valence-corrected chi connectivity index (χ3v) is 3.66. The molecule has 0 aliphatic heterocycles. The zero-order valence-electron chi connectivity index (χ0n) is 9.69. The van der Waals surface area contributed by atoms with Gasteiger partial charge in [0, 0.05) is 15.8 Å². The van der Waals surface area contributed by atoms with Crippen molar-refractivity contribution < 1.29 is 10.2 Å². The van der Waals surface area contributed by atoms with E-state index in [0.29, 0.717) is 26.9 Å². The molecule has 1 aromatic carbocycles. The highest BCUT2D eigenvalue weighted by molar-refractivity contribution is 7.98. The SMILES string of the molecule is C[C@H]([NH3+])c1nnc(SCc2ccc(Cl)cc2Cl)o1. The number of hydrogen-bond donors (Lipinski definition) is 1. The standard InChI is InChI=1S/C11H11Cl2N3OS/c1-6(14)10-15-16-11(17-10)18-5-7-2-3-8(12)4-9(7)13/h2-4,6H,5,14H2,1H3/p+1/t6-/m0/s1. The Labute approximate surface area is 119 Å². The highest BCUT2D eigenvalue weighted by Gasteiger charge is 2.13. The van der Waals surface area contributed by atoms with Crippen molar-refractivity contribution in [3.63, 3.8) is 0 Å². The van der Waals surface area contributed by atoms with Crippen LogP contribution < -0.4 is 5.73 Å². The molecule has 3 N–H and O–H groups in total. The number of aromatic nitrogens is 2. The molecule has 18 heavy (non-hydrogen) atoms. The summed E-state index contributed by atoms with van der Waals surface area (Å²) in [6.45, 7) is 1.90. The first-order chi connectivity index (χ1) is 8.56. The third kappa shape index (κ3) is 3.38. The first kappa shape index (κ1) is 13.7. The second-order valence-corrected chi connectivity index (χ2v) is 5.60. The molecule has 0 bridgehead atoms. The molecule has 1 atom stereocenters. The fourth-order valence-electron chi connectivity index (χ4n) is 1.26. The molecule has 1 heterocycles. The van der Waals surface area contributed by atoms with Crippen LogP contribution in [0.2, 0.25) is 10.0 Å². The van der Waals surface area contributed by atoms with Gasteiger partial charge in [-0.05, 0) is 24.6 Å². The zero-order chi connectivity index (χ0) is 13.1. The molecular formula is C11H12Cl2N3OS+. The first-order valence-corrected chi connectivity index (χ1v) is 7.03. The van der Waals surface area contributed by atoms with Gasteiger partial charge in [-0.15, -0.1) is 10.2 Å². The van der Waals surface area contributed by atoms with Gasteiger partial charge in [-0.2, -0.15) is 0 Å². The molecule has 96 valence electrons. The van der Waals surface area contributed by atoms with Crippen molar-refractivity contribution >= 4 is 35.0 Å². The minimum Gasteiger partial charge on any atom is -0.410 e. The molecule has 0 unspecified atom stereocenters. The summed E-state index contributed by atoms with van der Waals surface area (Å²) in [6.07, 6.45) is 0. The lowest BCUT2D eigenvalue weighted by Crippen LogP contribution is -2.51. The van der Waals surface area contributed by atoms with Gasteiger partial charge in [-0.3, -0.25) is 0 Å². The van der Waals surface area contributed by atoms with Crippen LogP contribution in [-0.2, 0) is 5.75 Å². The van der Waals surface area contributed by atoms with Crippen molar-refractivity contribution in [2.45, 2.75) is 23.9 Å². The molecule has 0 radical (unpaired) electrons. The van der Waals surface area contributed by atoms with Crippen LogP contribution in [-0.4, -0.2) is 10.2 Å². The fraction of sp³-hybridized carbons (Fsp3) is 0.273. The summed E-state index contributed by atoms with van der Waals surface area (Å²) in [5.74, 6) is 1.20. The molecule has 1 aromatic heterocycles. The highest BCUT2D eigenvalue weighted by Crippen LogP contribution is 2.28. The summed E-state index contributed by atoms with van der Waals surface area (Å²) in [6, 6.07) is 5.40. The van der Waals surface area contributed by atoms with E-state index < -0.39 is 0 Å². The maximum atomic E-state index is 6.08. The quantitative estimate of drug-likeness (QED) is 0.882. The van der Waals surface area contributed by atoms with Crippen molar-refractivity contribution in [1.82, 2.24) is 10.2 Å². The molecular weight excluding hydrogens is 293 g/mol. The van der Waals surface area contributed by atoms with E-state index in [1.807, 2.05) is 13.0 Å². The molecule has 0 aliphatic carbocycles. The maximum Gasteiger partial charge on any atom is 0.277 e. The minimum absolute atomic E-state index is 0.00836. The predicted octanol–water partition coefficient (Wildman–Crippen LogP) is 2.97. The Morgan fingerprint density at radius 2 is 2.17 bits per heavy atom. The predicted molar refractivity (Wildman–Crippen MR) is 71.6 cm³/mol. The molecule has 0 saturated carbocycles. The van der Waals surface area contributed by atoms with E-state index >= 15 is 0 Å². The Balaban J connectivity index is 2.02. The number of thioether (sulfide) groups is 1. The van der Waals surface area contributed by atoms with Crippen LogP contribution in [0.15, 0.2) is 27.8 Å². The first-order valence-electron chi connectivity index (χ1n) is 5.29. The number of nitrogens with zero attached hydrogens (tertiary/aromatic N) is 2. The zero-order valence-corrected chi connectivity index (χ0v) is 12.0. The van der Waals surface area contributed by atoms with Crippen LogP contribution >= 0.6 is 35.0 Å². The normalized spacial score (nSPS) is 12.7. The van der Waals surface area contributed by atoms with Gasteiger partial charge in [-0.1, -0.05) is 41.0 Å². The minimum atomic E-state index is -0.00836. The molecule has 0 spiro atoms. The van der Waals surface area contributed by atoms with E-state index in [9.17, 15) is 0 Å². The Morgan fingerprint density at radius 1 is 1.39 bits per heavy atom. The van der Waals surface area contributed by atoms with E-state index in [1.54, 1.807) is 12.1 Å². The topological polar surface area (TPSA) is 66.6 Å².